The Morgan fingerprint density at radius 2 is 2.10 bits per heavy atom. The maximum atomic E-state index is 14.1. The molecule has 21 heavy (non-hydrogen) atoms. The Bertz CT molecular complexity index is 739. The Balaban J connectivity index is 2.30. The monoisotopic (exact) mass is 329 g/mol. The molecule has 0 amide bonds. The Labute approximate surface area is 127 Å². The zero-order valence-electron chi connectivity index (χ0n) is 10.9. The van der Waals surface area contributed by atoms with E-state index in [0.29, 0.717) is 5.69 Å². The normalized spacial score (nSPS) is 11.6. The summed E-state index contributed by atoms with van der Waals surface area (Å²) in [7, 11) is -4.05. The average Bonchev–Trinajstić information content (AvgIpc) is 2.48. The first-order chi connectivity index (χ1) is 9.94. The minimum Gasteiger partial charge on any atom is -0.326 e. The minimum absolute atomic E-state index is 0.0423. The molecule has 0 saturated heterocycles. The van der Waals surface area contributed by atoms with Gasteiger partial charge in [-0.05, 0) is 24.3 Å². The van der Waals surface area contributed by atoms with E-state index >= 15 is 0 Å². The molecule has 0 aliphatic heterocycles. The highest BCUT2D eigenvalue weighted by Gasteiger charge is 2.22. The van der Waals surface area contributed by atoms with Crippen LogP contribution in [-0.4, -0.2) is 13.4 Å². The van der Waals surface area contributed by atoms with Crippen molar-refractivity contribution in [3.63, 3.8) is 0 Å². The first kappa shape index (κ1) is 15.8. The van der Waals surface area contributed by atoms with E-state index in [1.807, 2.05) is 0 Å². The summed E-state index contributed by atoms with van der Waals surface area (Å²) >= 11 is 5.80. The van der Waals surface area contributed by atoms with Gasteiger partial charge in [-0.25, -0.2) is 17.5 Å². The highest BCUT2D eigenvalue weighted by Crippen LogP contribution is 2.23. The second-order valence-electron chi connectivity index (χ2n) is 4.23. The fourth-order valence-electron chi connectivity index (χ4n) is 1.71. The molecule has 112 valence electrons. The van der Waals surface area contributed by atoms with Gasteiger partial charge in [0.25, 0.3) is 0 Å². The van der Waals surface area contributed by atoms with Crippen LogP contribution in [0.3, 0.4) is 0 Å². The van der Waals surface area contributed by atoms with Gasteiger partial charge in [0.1, 0.15) is 10.7 Å². The quantitative estimate of drug-likeness (QED) is 0.876. The fraction of sp³-hybridized carbons (Fsp3) is 0.154. The summed E-state index contributed by atoms with van der Waals surface area (Å²) < 4.78 is 40.7. The molecular formula is C13H13ClFN3O2S. The molecule has 1 aromatic heterocycles. The minimum atomic E-state index is -4.05. The van der Waals surface area contributed by atoms with Crippen LogP contribution >= 0.6 is 11.6 Å². The molecule has 0 atom stereocenters. The van der Waals surface area contributed by atoms with E-state index in [1.165, 1.54) is 12.3 Å². The molecule has 0 saturated carbocycles. The van der Waals surface area contributed by atoms with Crippen molar-refractivity contribution in [2.45, 2.75) is 18.0 Å². The summed E-state index contributed by atoms with van der Waals surface area (Å²) in [5.41, 5.74) is 5.93. The molecule has 1 heterocycles. The van der Waals surface area contributed by atoms with E-state index < -0.39 is 20.7 Å². The number of sulfonamides is 1. The number of nitrogens with one attached hydrogen (secondary N) is 1. The molecule has 5 nitrogen and oxygen atoms in total. The van der Waals surface area contributed by atoms with Gasteiger partial charge in [0, 0.05) is 23.3 Å². The lowest BCUT2D eigenvalue weighted by molar-refractivity contribution is 0.549. The van der Waals surface area contributed by atoms with Crippen LogP contribution in [0.4, 0.5) is 4.39 Å². The Hall–Kier alpha value is -1.54. The summed E-state index contributed by atoms with van der Waals surface area (Å²) in [5.74, 6) is -0.893. The molecule has 0 unspecified atom stereocenters. The predicted octanol–water partition coefficient (Wildman–Crippen LogP) is 1.81. The third-order valence-electron chi connectivity index (χ3n) is 2.76. The maximum Gasteiger partial charge on any atom is 0.243 e. The SMILES string of the molecule is NCc1cc(Cl)cc(S(=O)(=O)NCc2ccccn2)c1F. The standard InChI is InChI=1S/C13H13ClFN3O2S/c14-10-5-9(7-16)13(15)12(6-10)21(19,20)18-8-11-3-1-2-4-17-11/h1-6,18H,7-8,16H2. The molecule has 3 N–H and O–H groups in total. The second kappa shape index (κ2) is 6.48. The highest BCUT2D eigenvalue weighted by atomic mass is 35.5. The van der Waals surface area contributed by atoms with Gasteiger partial charge >= 0.3 is 0 Å². The summed E-state index contributed by atoms with van der Waals surface area (Å²) in [5, 5.41) is 0.107. The number of nitrogens with zero attached hydrogens (tertiary/aromatic N) is 1. The van der Waals surface area contributed by atoms with Crippen LogP contribution in [0.5, 0.6) is 0 Å². The van der Waals surface area contributed by atoms with E-state index in [1.54, 1.807) is 18.2 Å². The summed E-state index contributed by atoms with van der Waals surface area (Å²) in [6, 6.07) is 7.44. The van der Waals surface area contributed by atoms with Crippen molar-refractivity contribution >= 4 is 21.6 Å². The topological polar surface area (TPSA) is 85.1 Å². The third-order valence-corrected chi connectivity index (χ3v) is 4.38. The number of aromatic nitrogens is 1. The number of rotatable bonds is 5. The molecule has 0 aliphatic carbocycles. The second-order valence-corrected chi connectivity index (χ2v) is 6.40. The van der Waals surface area contributed by atoms with Crippen molar-refractivity contribution in [1.82, 2.24) is 9.71 Å². The van der Waals surface area contributed by atoms with Gasteiger partial charge in [0.15, 0.2) is 0 Å². The van der Waals surface area contributed by atoms with Gasteiger partial charge < -0.3 is 5.73 Å². The molecule has 2 aromatic rings. The van der Waals surface area contributed by atoms with Crippen molar-refractivity contribution < 1.29 is 12.8 Å². The van der Waals surface area contributed by atoms with Gasteiger partial charge in [0.05, 0.1) is 12.2 Å². The van der Waals surface area contributed by atoms with E-state index in [4.69, 9.17) is 17.3 Å². The predicted molar refractivity (Wildman–Crippen MR) is 77.6 cm³/mol. The number of hydrogen-bond acceptors (Lipinski definition) is 4. The van der Waals surface area contributed by atoms with Crippen molar-refractivity contribution in [3.05, 3.63) is 58.6 Å². The van der Waals surface area contributed by atoms with Gasteiger partial charge in [-0.15, -0.1) is 0 Å². The lowest BCUT2D eigenvalue weighted by Gasteiger charge is -2.10. The number of nitrogens with two attached hydrogens (primary N) is 1. The van der Waals surface area contributed by atoms with Crippen molar-refractivity contribution in [2.75, 3.05) is 0 Å². The largest absolute Gasteiger partial charge is 0.326 e. The van der Waals surface area contributed by atoms with Crippen LogP contribution in [0.2, 0.25) is 5.02 Å². The highest BCUT2D eigenvalue weighted by molar-refractivity contribution is 7.89. The molecule has 8 heteroatoms. The number of pyridine rings is 1. The van der Waals surface area contributed by atoms with Crippen molar-refractivity contribution in [2.24, 2.45) is 5.73 Å². The first-order valence-corrected chi connectivity index (χ1v) is 7.87. The van der Waals surface area contributed by atoms with Gasteiger partial charge in [-0.2, -0.15) is 0 Å². The van der Waals surface area contributed by atoms with Crippen LogP contribution in [-0.2, 0) is 23.1 Å². The molecule has 0 bridgehead atoms. The third kappa shape index (κ3) is 3.76. The van der Waals surface area contributed by atoms with E-state index in [0.717, 1.165) is 6.07 Å². The van der Waals surface area contributed by atoms with Gasteiger partial charge in [-0.3, -0.25) is 4.98 Å². The van der Waals surface area contributed by atoms with Crippen LogP contribution < -0.4 is 10.5 Å². The molecule has 0 aliphatic rings. The van der Waals surface area contributed by atoms with Crippen molar-refractivity contribution in [1.29, 1.82) is 0 Å². The summed E-state index contributed by atoms with van der Waals surface area (Å²) in [6.07, 6.45) is 1.54. The lowest BCUT2D eigenvalue weighted by atomic mass is 10.2. The number of halogens is 2. The molecule has 1 aromatic carbocycles. The van der Waals surface area contributed by atoms with Gasteiger partial charge in [0.2, 0.25) is 10.0 Å². The number of benzene rings is 1. The van der Waals surface area contributed by atoms with Gasteiger partial charge in [-0.1, -0.05) is 17.7 Å². The van der Waals surface area contributed by atoms with Crippen LogP contribution in [0, 0.1) is 5.82 Å². The Morgan fingerprint density at radius 1 is 1.33 bits per heavy atom. The maximum absolute atomic E-state index is 14.1. The van der Waals surface area contributed by atoms with E-state index in [9.17, 15) is 12.8 Å². The fourth-order valence-corrected chi connectivity index (χ4v) is 3.16. The summed E-state index contributed by atoms with van der Waals surface area (Å²) in [6.45, 7) is -0.192. The molecular weight excluding hydrogens is 317 g/mol. The van der Waals surface area contributed by atoms with Crippen LogP contribution in [0.25, 0.3) is 0 Å². The summed E-state index contributed by atoms with van der Waals surface area (Å²) in [4.78, 5) is 3.46. The molecule has 0 radical (unpaired) electrons. The zero-order chi connectivity index (χ0) is 15.5. The Morgan fingerprint density at radius 3 is 2.71 bits per heavy atom. The smallest absolute Gasteiger partial charge is 0.243 e. The van der Waals surface area contributed by atoms with Crippen molar-refractivity contribution in [3.8, 4) is 0 Å². The number of hydrogen-bond donors (Lipinski definition) is 2. The Kier molecular flexibility index (Phi) is 4.89. The van der Waals surface area contributed by atoms with E-state index in [2.05, 4.69) is 9.71 Å². The lowest BCUT2D eigenvalue weighted by Crippen LogP contribution is -2.25. The zero-order valence-corrected chi connectivity index (χ0v) is 12.5. The average molecular weight is 330 g/mol. The molecule has 0 spiro atoms. The molecule has 2 rings (SSSR count). The molecule has 0 fully saturated rings. The van der Waals surface area contributed by atoms with Crippen LogP contribution in [0.1, 0.15) is 11.3 Å². The van der Waals surface area contributed by atoms with E-state index in [-0.39, 0.29) is 23.7 Å². The van der Waals surface area contributed by atoms with Crippen LogP contribution in [0.15, 0.2) is 41.4 Å². The first-order valence-electron chi connectivity index (χ1n) is 6.01.